The molecule has 0 N–H and O–H groups in total. The van der Waals surface area contributed by atoms with E-state index in [1.807, 2.05) is 65.1 Å². The van der Waals surface area contributed by atoms with Crippen LogP contribution in [0.15, 0.2) is 91.1 Å². The number of rotatable bonds is 6. The van der Waals surface area contributed by atoms with E-state index in [0.29, 0.717) is 36.1 Å². The molecule has 5 aromatic rings. The average Bonchev–Trinajstić information content (AvgIpc) is 3.45. The largest absolute Gasteiger partial charge is 0.493 e. The van der Waals surface area contributed by atoms with Crippen molar-refractivity contribution in [2.45, 2.75) is 6.92 Å². The first-order valence-corrected chi connectivity index (χ1v) is 13.5. The van der Waals surface area contributed by atoms with E-state index in [1.165, 1.54) is 16.5 Å². The Bertz CT molecular complexity index is 1670. The number of methoxy groups -OCH3 is 2. The van der Waals surface area contributed by atoms with E-state index < -0.39 is 0 Å². The zero-order chi connectivity index (χ0) is 27.6. The van der Waals surface area contributed by atoms with Crippen molar-refractivity contribution in [3.8, 4) is 28.6 Å². The molecule has 1 amide bonds. The highest BCUT2D eigenvalue weighted by molar-refractivity contribution is 5.93. The third kappa shape index (κ3) is 4.75. The van der Waals surface area contributed by atoms with Gasteiger partial charge in [0, 0.05) is 43.6 Å². The molecular formula is C33H32N4O3. The number of amides is 1. The number of hydrogen-bond acceptors (Lipinski definition) is 5. The van der Waals surface area contributed by atoms with Crippen LogP contribution in [0.3, 0.4) is 0 Å². The number of anilines is 1. The van der Waals surface area contributed by atoms with E-state index >= 15 is 0 Å². The first kappa shape index (κ1) is 25.5. The number of piperazine rings is 1. The van der Waals surface area contributed by atoms with Crippen LogP contribution in [0, 0.1) is 6.92 Å². The molecule has 1 aromatic heterocycles. The molecule has 6 rings (SSSR count). The number of carbonyl (C=O) groups excluding carboxylic acids is 1. The van der Waals surface area contributed by atoms with Crippen LogP contribution in [0.4, 0.5) is 5.69 Å². The predicted molar refractivity (Wildman–Crippen MR) is 159 cm³/mol. The molecule has 7 heteroatoms. The Kier molecular flexibility index (Phi) is 6.86. The van der Waals surface area contributed by atoms with Crippen LogP contribution in [0.5, 0.6) is 11.5 Å². The number of aryl methyl sites for hydroxylation is 1. The van der Waals surface area contributed by atoms with Crippen molar-refractivity contribution in [2.24, 2.45) is 0 Å². The van der Waals surface area contributed by atoms with Crippen molar-refractivity contribution in [3.63, 3.8) is 0 Å². The Labute approximate surface area is 234 Å². The molecule has 1 aliphatic rings. The second-order valence-corrected chi connectivity index (χ2v) is 10.0. The standard InChI is InChI=1S/C33H32N4O3/c1-23-11-13-25(14-12-23)32-34-28(22-37(32)29-9-6-10-30(39-2)31(29)40-3)33(38)36-19-17-35(18-20-36)27-16-15-24-7-4-5-8-26(24)21-27/h4-16,21-22H,17-20H2,1-3H3. The molecular weight excluding hydrogens is 500 g/mol. The fourth-order valence-electron chi connectivity index (χ4n) is 5.34. The summed E-state index contributed by atoms with van der Waals surface area (Å²) in [4.78, 5) is 22.9. The fraction of sp³-hybridized carbons (Fsp3) is 0.212. The number of imidazole rings is 1. The number of benzene rings is 4. The lowest BCUT2D eigenvalue weighted by Crippen LogP contribution is -2.48. The number of ether oxygens (including phenoxy) is 2. The van der Waals surface area contributed by atoms with Gasteiger partial charge in [-0.25, -0.2) is 4.98 Å². The minimum absolute atomic E-state index is 0.0767. The Hall–Kier alpha value is -4.78. The number of carbonyl (C=O) groups is 1. The maximum Gasteiger partial charge on any atom is 0.274 e. The average molecular weight is 533 g/mol. The van der Waals surface area contributed by atoms with Crippen LogP contribution in [0.25, 0.3) is 27.8 Å². The summed E-state index contributed by atoms with van der Waals surface area (Å²) < 4.78 is 13.2. The summed E-state index contributed by atoms with van der Waals surface area (Å²) in [5.74, 6) is 1.79. The van der Waals surface area contributed by atoms with Gasteiger partial charge in [0.15, 0.2) is 11.5 Å². The molecule has 202 valence electrons. The lowest BCUT2D eigenvalue weighted by molar-refractivity contribution is 0.0741. The molecule has 1 saturated heterocycles. The number of aromatic nitrogens is 2. The molecule has 1 fully saturated rings. The second-order valence-electron chi connectivity index (χ2n) is 10.0. The SMILES string of the molecule is COc1cccc(-n2cc(C(=O)N3CCN(c4ccc5ccccc5c4)CC3)nc2-c2ccc(C)cc2)c1OC. The van der Waals surface area contributed by atoms with E-state index in [0.717, 1.165) is 29.9 Å². The molecule has 0 aliphatic carbocycles. The molecule has 7 nitrogen and oxygen atoms in total. The summed E-state index contributed by atoms with van der Waals surface area (Å²) in [5, 5.41) is 2.45. The first-order valence-electron chi connectivity index (χ1n) is 13.5. The van der Waals surface area contributed by atoms with Gasteiger partial charge in [-0.05, 0) is 42.0 Å². The Balaban J connectivity index is 1.29. The smallest absolute Gasteiger partial charge is 0.274 e. The first-order chi connectivity index (χ1) is 19.6. The van der Waals surface area contributed by atoms with E-state index in [-0.39, 0.29) is 5.91 Å². The molecule has 0 spiro atoms. The van der Waals surface area contributed by atoms with Crippen LogP contribution >= 0.6 is 0 Å². The monoisotopic (exact) mass is 532 g/mol. The van der Waals surface area contributed by atoms with E-state index in [9.17, 15) is 4.79 Å². The molecule has 1 aliphatic heterocycles. The summed E-state index contributed by atoms with van der Waals surface area (Å²) in [5.41, 5.74) is 4.41. The van der Waals surface area contributed by atoms with Gasteiger partial charge in [0.2, 0.25) is 0 Å². The number of hydrogen-bond donors (Lipinski definition) is 0. The molecule has 40 heavy (non-hydrogen) atoms. The summed E-state index contributed by atoms with van der Waals surface area (Å²) in [6, 6.07) is 28.8. The van der Waals surface area contributed by atoms with Crippen molar-refractivity contribution < 1.29 is 14.3 Å². The molecule has 0 bridgehead atoms. The number of nitrogens with zero attached hydrogens (tertiary/aromatic N) is 4. The van der Waals surface area contributed by atoms with Crippen LogP contribution in [-0.4, -0.2) is 60.8 Å². The molecule has 0 saturated carbocycles. The Morgan fingerprint density at radius 3 is 2.27 bits per heavy atom. The third-order valence-electron chi connectivity index (χ3n) is 7.54. The highest BCUT2D eigenvalue weighted by atomic mass is 16.5. The quantitative estimate of drug-likeness (QED) is 0.269. The van der Waals surface area contributed by atoms with Gasteiger partial charge in [-0.15, -0.1) is 0 Å². The van der Waals surface area contributed by atoms with E-state index in [1.54, 1.807) is 14.2 Å². The molecule has 2 heterocycles. The van der Waals surface area contributed by atoms with E-state index in [2.05, 4.69) is 47.4 Å². The van der Waals surface area contributed by atoms with Crippen molar-refractivity contribution in [2.75, 3.05) is 45.3 Å². The van der Waals surface area contributed by atoms with Gasteiger partial charge in [-0.2, -0.15) is 0 Å². The van der Waals surface area contributed by atoms with Gasteiger partial charge in [-0.3, -0.25) is 9.36 Å². The van der Waals surface area contributed by atoms with Gasteiger partial charge >= 0.3 is 0 Å². The minimum atomic E-state index is -0.0767. The molecule has 0 atom stereocenters. The zero-order valence-corrected chi connectivity index (χ0v) is 23.0. The normalized spacial score (nSPS) is 13.5. The summed E-state index contributed by atoms with van der Waals surface area (Å²) in [6.07, 6.45) is 1.81. The van der Waals surface area contributed by atoms with Crippen molar-refractivity contribution in [3.05, 3.63) is 102 Å². The lowest BCUT2D eigenvalue weighted by atomic mass is 10.1. The van der Waals surface area contributed by atoms with Gasteiger partial charge in [0.1, 0.15) is 11.5 Å². The summed E-state index contributed by atoms with van der Waals surface area (Å²) in [7, 11) is 3.23. The molecule has 0 radical (unpaired) electrons. The lowest BCUT2D eigenvalue weighted by Gasteiger charge is -2.36. The predicted octanol–water partition coefficient (Wildman–Crippen LogP) is 5.98. The Morgan fingerprint density at radius 2 is 1.55 bits per heavy atom. The topological polar surface area (TPSA) is 59.8 Å². The Morgan fingerprint density at radius 1 is 0.800 bits per heavy atom. The molecule has 0 unspecified atom stereocenters. The summed E-state index contributed by atoms with van der Waals surface area (Å²) in [6.45, 7) is 4.83. The third-order valence-corrected chi connectivity index (χ3v) is 7.54. The number of fused-ring (bicyclic) bond motifs is 1. The highest BCUT2D eigenvalue weighted by Gasteiger charge is 2.26. The maximum atomic E-state index is 13.8. The van der Waals surface area contributed by atoms with Crippen molar-refractivity contribution in [1.29, 1.82) is 0 Å². The second kappa shape index (κ2) is 10.8. The van der Waals surface area contributed by atoms with Crippen LogP contribution in [-0.2, 0) is 0 Å². The van der Waals surface area contributed by atoms with Gasteiger partial charge in [-0.1, -0.05) is 66.2 Å². The summed E-state index contributed by atoms with van der Waals surface area (Å²) >= 11 is 0. The maximum absolute atomic E-state index is 13.8. The van der Waals surface area contributed by atoms with E-state index in [4.69, 9.17) is 14.5 Å². The van der Waals surface area contributed by atoms with Crippen LogP contribution in [0.2, 0.25) is 0 Å². The van der Waals surface area contributed by atoms with Crippen LogP contribution in [0.1, 0.15) is 16.1 Å². The van der Waals surface area contributed by atoms with Gasteiger partial charge in [0.05, 0.1) is 19.9 Å². The van der Waals surface area contributed by atoms with Gasteiger partial charge in [0.25, 0.3) is 5.91 Å². The van der Waals surface area contributed by atoms with Crippen molar-refractivity contribution in [1.82, 2.24) is 14.5 Å². The fourth-order valence-corrected chi connectivity index (χ4v) is 5.34. The zero-order valence-electron chi connectivity index (χ0n) is 23.0. The number of para-hydroxylation sites is 1. The molecule has 4 aromatic carbocycles. The van der Waals surface area contributed by atoms with Crippen molar-refractivity contribution >= 4 is 22.4 Å². The van der Waals surface area contributed by atoms with Crippen LogP contribution < -0.4 is 14.4 Å². The van der Waals surface area contributed by atoms with Gasteiger partial charge < -0.3 is 19.3 Å². The highest BCUT2D eigenvalue weighted by Crippen LogP contribution is 2.36. The minimum Gasteiger partial charge on any atom is -0.493 e.